The van der Waals surface area contributed by atoms with Gasteiger partial charge in [-0.3, -0.25) is 4.79 Å². The molecule has 0 aliphatic carbocycles. The summed E-state index contributed by atoms with van der Waals surface area (Å²) in [6, 6.07) is 2.19. The first-order chi connectivity index (χ1) is 9.63. The number of rotatable bonds is 8. The zero-order chi connectivity index (χ0) is 15.0. The van der Waals surface area contributed by atoms with Crippen molar-refractivity contribution in [3.8, 4) is 6.07 Å². The lowest BCUT2D eigenvalue weighted by atomic mass is 10.0. The zero-order valence-electron chi connectivity index (χ0n) is 11.9. The van der Waals surface area contributed by atoms with Gasteiger partial charge in [-0.15, -0.1) is 5.10 Å². The van der Waals surface area contributed by atoms with E-state index in [0.717, 1.165) is 30.5 Å². The maximum absolute atomic E-state index is 10.4. The van der Waals surface area contributed by atoms with E-state index in [0.29, 0.717) is 24.3 Å². The molecule has 0 aliphatic heterocycles. The second kappa shape index (κ2) is 8.10. The zero-order valence-corrected chi connectivity index (χ0v) is 11.9. The van der Waals surface area contributed by atoms with Crippen LogP contribution in [0.25, 0.3) is 0 Å². The number of aryl methyl sites for hydroxylation is 1. The lowest BCUT2D eigenvalue weighted by Crippen LogP contribution is -2.11. The number of hydrogen-bond acceptors (Lipinski definition) is 5. The van der Waals surface area contributed by atoms with Crippen molar-refractivity contribution in [3.05, 3.63) is 16.8 Å². The fourth-order valence-electron chi connectivity index (χ4n) is 2.03. The normalized spacial score (nSPS) is 10.1. The standard InChI is InChI=1S/C14H20N4O2/c1-3-10-11(9-15)14(18-17-12(10)4-2)16-8-6-5-7-13(19)20/h3-8H2,1-2H3,(H,16,18)(H,19,20). The maximum atomic E-state index is 10.4. The van der Waals surface area contributed by atoms with Crippen LogP contribution in [0.15, 0.2) is 0 Å². The van der Waals surface area contributed by atoms with Crippen molar-refractivity contribution in [2.45, 2.75) is 46.0 Å². The van der Waals surface area contributed by atoms with Crippen molar-refractivity contribution in [1.82, 2.24) is 10.2 Å². The predicted molar refractivity (Wildman–Crippen MR) is 75.5 cm³/mol. The molecule has 0 fully saturated rings. The summed E-state index contributed by atoms with van der Waals surface area (Å²) in [6.07, 6.45) is 2.98. The second-order valence-electron chi connectivity index (χ2n) is 4.45. The highest BCUT2D eigenvalue weighted by Gasteiger charge is 2.13. The third kappa shape index (κ3) is 4.19. The van der Waals surface area contributed by atoms with Gasteiger partial charge in [0.15, 0.2) is 5.82 Å². The summed E-state index contributed by atoms with van der Waals surface area (Å²) in [5, 5.41) is 29.1. The number of carboxylic acid groups (broad SMARTS) is 1. The molecule has 0 radical (unpaired) electrons. The quantitative estimate of drug-likeness (QED) is 0.706. The van der Waals surface area contributed by atoms with E-state index in [1.54, 1.807) is 0 Å². The van der Waals surface area contributed by atoms with Gasteiger partial charge in [0.25, 0.3) is 0 Å². The molecule has 0 aromatic carbocycles. The molecule has 0 saturated heterocycles. The number of anilines is 1. The highest BCUT2D eigenvalue weighted by molar-refractivity contribution is 5.66. The Morgan fingerprint density at radius 3 is 2.60 bits per heavy atom. The van der Waals surface area contributed by atoms with Crippen molar-refractivity contribution >= 4 is 11.8 Å². The third-order valence-corrected chi connectivity index (χ3v) is 3.07. The van der Waals surface area contributed by atoms with Crippen LogP contribution in [-0.4, -0.2) is 27.8 Å². The van der Waals surface area contributed by atoms with Gasteiger partial charge < -0.3 is 10.4 Å². The van der Waals surface area contributed by atoms with Crippen LogP contribution in [0.2, 0.25) is 0 Å². The van der Waals surface area contributed by atoms with Crippen LogP contribution in [0.3, 0.4) is 0 Å². The molecule has 0 bridgehead atoms. The Bertz CT molecular complexity index is 509. The Labute approximate surface area is 118 Å². The molecule has 1 heterocycles. The van der Waals surface area contributed by atoms with E-state index in [-0.39, 0.29) is 6.42 Å². The number of nitrogens with zero attached hydrogens (tertiary/aromatic N) is 3. The van der Waals surface area contributed by atoms with Gasteiger partial charge in [0.2, 0.25) is 0 Å². The number of hydrogen-bond donors (Lipinski definition) is 2. The fraction of sp³-hybridized carbons (Fsp3) is 0.571. The van der Waals surface area contributed by atoms with E-state index in [4.69, 9.17) is 5.11 Å². The van der Waals surface area contributed by atoms with Gasteiger partial charge in [-0.1, -0.05) is 13.8 Å². The van der Waals surface area contributed by atoms with Crippen LogP contribution < -0.4 is 5.32 Å². The molecule has 1 aromatic heterocycles. The summed E-state index contributed by atoms with van der Waals surface area (Å²) in [7, 11) is 0. The summed E-state index contributed by atoms with van der Waals surface area (Å²) in [5.41, 5.74) is 2.36. The lowest BCUT2D eigenvalue weighted by molar-refractivity contribution is -0.137. The van der Waals surface area contributed by atoms with E-state index in [1.807, 2.05) is 13.8 Å². The van der Waals surface area contributed by atoms with Crippen molar-refractivity contribution in [1.29, 1.82) is 5.26 Å². The minimum absolute atomic E-state index is 0.160. The van der Waals surface area contributed by atoms with Crippen molar-refractivity contribution < 1.29 is 9.90 Å². The van der Waals surface area contributed by atoms with Gasteiger partial charge in [-0.05, 0) is 31.2 Å². The maximum Gasteiger partial charge on any atom is 0.303 e. The number of carbonyl (C=O) groups is 1. The van der Waals surface area contributed by atoms with Crippen molar-refractivity contribution in [2.24, 2.45) is 0 Å². The third-order valence-electron chi connectivity index (χ3n) is 3.07. The van der Waals surface area contributed by atoms with Crippen LogP contribution >= 0.6 is 0 Å². The summed E-state index contributed by atoms with van der Waals surface area (Å²) in [6.45, 7) is 4.57. The van der Waals surface area contributed by atoms with E-state index < -0.39 is 5.97 Å². The van der Waals surface area contributed by atoms with Gasteiger partial charge in [0, 0.05) is 13.0 Å². The van der Waals surface area contributed by atoms with Crippen LogP contribution in [0.5, 0.6) is 0 Å². The first kappa shape index (κ1) is 15.9. The predicted octanol–water partition coefficient (Wildman–Crippen LogP) is 2.14. The second-order valence-corrected chi connectivity index (χ2v) is 4.45. The largest absolute Gasteiger partial charge is 0.481 e. The topological polar surface area (TPSA) is 98.9 Å². The van der Waals surface area contributed by atoms with Gasteiger partial charge in [0.1, 0.15) is 11.6 Å². The summed E-state index contributed by atoms with van der Waals surface area (Å²) < 4.78 is 0. The van der Waals surface area contributed by atoms with Crippen LogP contribution in [0.1, 0.15) is 49.9 Å². The first-order valence-electron chi connectivity index (χ1n) is 6.88. The Hall–Kier alpha value is -2.16. The summed E-state index contributed by atoms with van der Waals surface area (Å²) in [4.78, 5) is 10.4. The average Bonchev–Trinajstić information content (AvgIpc) is 2.45. The number of nitrogens with one attached hydrogen (secondary N) is 1. The SMILES string of the molecule is CCc1nnc(NCCCCC(=O)O)c(C#N)c1CC. The molecule has 2 N–H and O–H groups in total. The average molecular weight is 276 g/mol. The number of nitriles is 1. The van der Waals surface area contributed by atoms with E-state index in [1.165, 1.54) is 0 Å². The molecule has 0 saturated carbocycles. The summed E-state index contributed by atoms with van der Waals surface area (Å²) in [5.74, 6) is -0.292. The minimum atomic E-state index is -0.789. The molecule has 0 amide bonds. The van der Waals surface area contributed by atoms with Gasteiger partial charge in [-0.2, -0.15) is 10.4 Å². The summed E-state index contributed by atoms with van der Waals surface area (Å²) >= 11 is 0. The number of carboxylic acids is 1. The Morgan fingerprint density at radius 1 is 1.30 bits per heavy atom. The van der Waals surface area contributed by atoms with Crippen LogP contribution in [0, 0.1) is 11.3 Å². The van der Waals surface area contributed by atoms with Gasteiger partial charge in [0.05, 0.1) is 5.69 Å². The van der Waals surface area contributed by atoms with Gasteiger partial charge >= 0.3 is 5.97 Å². The molecule has 1 aromatic rings. The molecule has 6 heteroatoms. The number of unbranched alkanes of at least 4 members (excludes halogenated alkanes) is 1. The first-order valence-corrected chi connectivity index (χ1v) is 6.88. The fourth-order valence-corrected chi connectivity index (χ4v) is 2.03. The number of aliphatic carboxylic acids is 1. The Balaban J connectivity index is 2.71. The Kier molecular flexibility index (Phi) is 6.44. The van der Waals surface area contributed by atoms with E-state index in [2.05, 4.69) is 21.6 Å². The molecule has 20 heavy (non-hydrogen) atoms. The van der Waals surface area contributed by atoms with Gasteiger partial charge in [-0.25, -0.2) is 0 Å². The highest BCUT2D eigenvalue weighted by Crippen LogP contribution is 2.19. The highest BCUT2D eigenvalue weighted by atomic mass is 16.4. The van der Waals surface area contributed by atoms with Crippen LogP contribution in [-0.2, 0) is 17.6 Å². The smallest absolute Gasteiger partial charge is 0.303 e. The molecule has 0 aliphatic rings. The monoisotopic (exact) mass is 276 g/mol. The molecular formula is C14H20N4O2. The van der Waals surface area contributed by atoms with Crippen molar-refractivity contribution in [3.63, 3.8) is 0 Å². The lowest BCUT2D eigenvalue weighted by Gasteiger charge is -2.11. The molecule has 1 rings (SSSR count). The molecule has 0 atom stereocenters. The molecule has 6 nitrogen and oxygen atoms in total. The van der Waals surface area contributed by atoms with Crippen molar-refractivity contribution in [2.75, 3.05) is 11.9 Å². The molecule has 0 spiro atoms. The van der Waals surface area contributed by atoms with E-state index in [9.17, 15) is 10.1 Å². The minimum Gasteiger partial charge on any atom is -0.481 e. The molecular weight excluding hydrogens is 256 g/mol. The van der Waals surface area contributed by atoms with E-state index >= 15 is 0 Å². The van der Waals surface area contributed by atoms with Crippen LogP contribution in [0.4, 0.5) is 5.82 Å². The molecule has 108 valence electrons. The molecule has 0 unspecified atom stereocenters. The Morgan fingerprint density at radius 2 is 2.05 bits per heavy atom. The number of aromatic nitrogens is 2.